The Morgan fingerprint density at radius 3 is 2.59 bits per heavy atom. The van der Waals surface area contributed by atoms with Gasteiger partial charge >= 0.3 is 0 Å². The van der Waals surface area contributed by atoms with Crippen LogP contribution in [0.1, 0.15) is 27.4 Å². The largest absolute Gasteiger partial charge is 0.496 e. The van der Waals surface area contributed by atoms with Crippen LogP contribution in [0.5, 0.6) is 5.75 Å². The minimum atomic E-state index is 0.0912. The summed E-state index contributed by atoms with van der Waals surface area (Å²) < 4.78 is 7.31. The summed E-state index contributed by atoms with van der Waals surface area (Å²) in [7, 11) is 3.57. The highest BCUT2D eigenvalue weighted by atomic mass is 32.1. The van der Waals surface area contributed by atoms with Crippen LogP contribution >= 0.6 is 11.3 Å². The minimum absolute atomic E-state index is 0.0912. The summed E-state index contributed by atoms with van der Waals surface area (Å²) in [5.41, 5.74) is 3.97. The molecule has 3 rings (SSSR count). The maximum atomic E-state index is 13.2. The van der Waals surface area contributed by atoms with E-state index < -0.39 is 0 Å². The molecule has 2 heterocycles. The Hall–Kier alpha value is -2.60. The SMILES string of the molecule is COc1ccccc1CN(Cc1cccs1)C(=O)Cc1c(C)nn(C)c1C. The molecule has 0 N–H and O–H groups in total. The van der Waals surface area contributed by atoms with E-state index in [0.717, 1.165) is 33.1 Å². The fourth-order valence-corrected chi connectivity index (χ4v) is 3.92. The van der Waals surface area contributed by atoms with Crippen LogP contribution in [-0.2, 0) is 31.4 Å². The van der Waals surface area contributed by atoms with Crippen molar-refractivity contribution in [1.82, 2.24) is 14.7 Å². The average Bonchev–Trinajstić information content (AvgIpc) is 3.25. The second kappa shape index (κ2) is 8.39. The number of rotatable bonds is 7. The van der Waals surface area contributed by atoms with Gasteiger partial charge in [-0.05, 0) is 31.4 Å². The predicted octanol–water partition coefficient (Wildman–Crippen LogP) is 3.88. The molecule has 1 aromatic carbocycles. The molecule has 0 unspecified atom stereocenters. The predicted molar refractivity (Wildman–Crippen MR) is 108 cm³/mol. The molecule has 0 radical (unpaired) electrons. The van der Waals surface area contributed by atoms with Gasteiger partial charge < -0.3 is 9.64 Å². The number of thiophene rings is 1. The van der Waals surface area contributed by atoms with E-state index in [1.807, 2.05) is 66.2 Å². The number of hydrogen-bond donors (Lipinski definition) is 0. The van der Waals surface area contributed by atoms with Crippen molar-refractivity contribution in [3.05, 3.63) is 69.2 Å². The van der Waals surface area contributed by atoms with Crippen molar-refractivity contribution in [1.29, 1.82) is 0 Å². The van der Waals surface area contributed by atoms with Gasteiger partial charge in [0, 0.05) is 35.3 Å². The molecular weight excluding hydrogens is 358 g/mol. The van der Waals surface area contributed by atoms with Gasteiger partial charge in [-0.15, -0.1) is 11.3 Å². The second-order valence-corrected chi connectivity index (χ2v) is 7.62. The lowest BCUT2D eigenvalue weighted by atomic mass is 10.1. The zero-order valence-electron chi connectivity index (χ0n) is 16.2. The van der Waals surface area contributed by atoms with E-state index in [0.29, 0.717) is 19.5 Å². The van der Waals surface area contributed by atoms with Gasteiger partial charge in [-0.25, -0.2) is 0 Å². The van der Waals surface area contributed by atoms with E-state index in [4.69, 9.17) is 4.74 Å². The number of carbonyl (C=O) groups is 1. The second-order valence-electron chi connectivity index (χ2n) is 6.59. The lowest BCUT2D eigenvalue weighted by Gasteiger charge is -2.23. The molecule has 0 aliphatic rings. The molecule has 0 spiro atoms. The zero-order chi connectivity index (χ0) is 19.4. The van der Waals surface area contributed by atoms with E-state index in [1.165, 1.54) is 0 Å². The summed E-state index contributed by atoms with van der Waals surface area (Å²) >= 11 is 1.66. The van der Waals surface area contributed by atoms with E-state index in [9.17, 15) is 4.79 Å². The van der Waals surface area contributed by atoms with Crippen LogP contribution in [0.3, 0.4) is 0 Å². The van der Waals surface area contributed by atoms with E-state index in [-0.39, 0.29) is 5.91 Å². The number of hydrogen-bond acceptors (Lipinski definition) is 4. The van der Waals surface area contributed by atoms with Crippen molar-refractivity contribution >= 4 is 17.2 Å². The van der Waals surface area contributed by atoms with E-state index in [2.05, 4.69) is 11.2 Å². The average molecular weight is 384 g/mol. The van der Waals surface area contributed by atoms with Crippen molar-refractivity contribution in [3.8, 4) is 5.75 Å². The van der Waals surface area contributed by atoms with Crippen molar-refractivity contribution in [2.75, 3.05) is 7.11 Å². The molecule has 1 amide bonds. The normalized spacial score (nSPS) is 10.8. The zero-order valence-corrected chi connectivity index (χ0v) is 17.0. The topological polar surface area (TPSA) is 47.4 Å². The summed E-state index contributed by atoms with van der Waals surface area (Å²) in [6.07, 6.45) is 0.353. The summed E-state index contributed by atoms with van der Waals surface area (Å²) in [5, 5.41) is 6.48. The molecule has 0 fully saturated rings. The van der Waals surface area contributed by atoms with Crippen molar-refractivity contribution in [2.45, 2.75) is 33.4 Å². The Bertz CT molecular complexity index is 916. The van der Waals surface area contributed by atoms with Crippen LogP contribution in [0.4, 0.5) is 0 Å². The van der Waals surface area contributed by atoms with E-state index >= 15 is 0 Å². The van der Waals surface area contributed by atoms with Gasteiger partial charge in [0.1, 0.15) is 5.75 Å². The Morgan fingerprint density at radius 1 is 1.19 bits per heavy atom. The van der Waals surface area contributed by atoms with Gasteiger partial charge in [-0.1, -0.05) is 24.3 Å². The third-order valence-electron chi connectivity index (χ3n) is 4.82. The molecule has 0 saturated carbocycles. The first kappa shape index (κ1) is 19.2. The van der Waals surface area contributed by atoms with Crippen molar-refractivity contribution < 1.29 is 9.53 Å². The van der Waals surface area contributed by atoms with Gasteiger partial charge in [-0.3, -0.25) is 9.48 Å². The van der Waals surface area contributed by atoms with Crippen LogP contribution in [0, 0.1) is 13.8 Å². The first-order chi connectivity index (χ1) is 13.0. The molecule has 0 saturated heterocycles. The van der Waals surface area contributed by atoms with Crippen LogP contribution < -0.4 is 4.74 Å². The fraction of sp³-hybridized carbons (Fsp3) is 0.333. The Morgan fingerprint density at radius 2 is 1.96 bits per heavy atom. The van der Waals surface area contributed by atoms with Crippen molar-refractivity contribution in [3.63, 3.8) is 0 Å². The molecule has 142 valence electrons. The monoisotopic (exact) mass is 383 g/mol. The molecule has 0 aliphatic carbocycles. The third-order valence-corrected chi connectivity index (χ3v) is 5.68. The molecule has 0 aliphatic heterocycles. The lowest BCUT2D eigenvalue weighted by Crippen LogP contribution is -2.31. The number of aryl methyl sites for hydroxylation is 2. The van der Waals surface area contributed by atoms with Gasteiger partial charge in [-0.2, -0.15) is 5.10 Å². The Labute approximate surface area is 164 Å². The van der Waals surface area contributed by atoms with Gasteiger partial charge in [0.25, 0.3) is 0 Å². The summed E-state index contributed by atoms with van der Waals surface area (Å²) in [5.74, 6) is 0.892. The van der Waals surface area contributed by atoms with E-state index in [1.54, 1.807) is 18.4 Å². The van der Waals surface area contributed by atoms with Crippen LogP contribution in [-0.4, -0.2) is 27.7 Å². The quantitative estimate of drug-likeness (QED) is 0.622. The molecule has 0 bridgehead atoms. The number of nitrogens with zero attached hydrogens (tertiary/aromatic N) is 3. The smallest absolute Gasteiger partial charge is 0.227 e. The number of amides is 1. The molecule has 0 atom stereocenters. The summed E-state index contributed by atoms with van der Waals surface area (Å²) in [6.45, 7) is 5.07. The number of benzene rings is 1. The number of para-hydroxylation sites is 1. The van der Waals surface area contributed by atoms with Crippen molar-refractivity contribution in [2.24, 2.45) is 7.05 Å². The first-order valence-electron chi connectivity index (χ1n) is 8.90. The van der Waals surface area contributed by atoms with Gasteiger partial charge in [0.15, 0.2) is 0 Å². The Balaban J connectivity index is 1.85. The summed E-state index contributed by atoms with van der Waals surface area (Å²) in [4.78, 5) is 16.3. The van der Waals surface area contributed by atoms with Gasteiger partial charge in [0.05, 0.1) is 25.8 Å². The fourth-order valence-electron chi connectivity index (χ4n) is 3.20. The molecule has 27 heavy (non-hydrogen) atoms. The molecule has 3 aromatic rings. The molecular formula is C21H25N3O2S. The number of aromatic nitrogens is 2. The number of carbonyl (C=O) groups excluding carboxylic acids is 1. The lowest BCUT2D eigenvalue weighted by molar-refractivity contribution is -0.131. The first-order valence-corrected chi connectivity index (χ1v) is 9.78. The Kier molecular flexibility index (Phi) is 5.96. The third kappa shape index (κ3) is 4.39. The molecule has 5 nitrogen and oxygen atoms in total. The van der Waals surface area contributed by atoms with Crippen LogP contribution in [0.25, 0.3) is 0 Å². The highest BCUT2D eigenvalue weighted by Crippen LogP contribution is 2.23. The number of ether oxygens (including phenoxy) is 1. The maximum absolute atomic E-state index is 13.2. The highest BCUT2D eigenvalue weighted by molar-refractivity contribution is 7.09. The highest BCUT2D eigenvalue weighted by Gasteiger charge is 2.20. The van der Waals surface area contributed by atoms with Crippen LogP contribution in [0.2, 0.25) is 0 Å². The molecule has 6 heteroatoms. The number of methoxy groups -OCH3 is 1. The maximum Gasteiger partial charge on any atom is 0.227 e. The summed E-state index contributed by atoms with van der Waals surface area (Å²) in [6, 6.07) is 11.9. The minimum Gasteiger partial charge on any atom is -0.496 e. The van der Waals surface area contributed by atoms with Gasteiger partial charge in [0.2, 0.25) is 5.91 Å². The molecule has 2 aromatic heterocycles. The standard InChI is InChI=1S/C21H25N3O2S/c1-15-19(16(2)23(3)22-15)12-21(25)24(14-18-9-7-11-27-18)13-17-8-5-6-10-20(17)26-4/h5-11H,12-14H2,1-4H3. The van der Waals surface area contributed by atoms with Crippen LogP contribution in [0.15, 0.2) is 41.8 Å².